The molecule has 0 aromatic heterocycles. The zero-order valence-corrected chi connectivity index (χ0v) is 20.3. The molecular weight excluding hydrogens is 507 g/mol. The average Bonchev–Trinajstić information content (AvgIpc) is 2.68. The van der Waals surface area contributed by atoms with Crippen molar-refractivity contribution in [1.82, 2.24) is 9.80 Å². The molecule has 1 heterocycles. The molecule has 1 amide bonds. The van der Waals surface area contributed by atoms with Gasteiger partial charge in [0.1, 0.15) is 5.75 Å². The summed E-state index contributed by atoms with van der Waals surface area (Å²) < 4.78 is 17.7. The van der Waals surface area contributed by atoms with Gasteiger partial charge in [0.2, 0.25) is 0 Å². The van der Waals surface area contributed by atoms with Gasteiger partial charge in [0.25, 0.3) is 5.91 Å². The van der Waals surface area contributed by atoms with Crippen LogP contribution in [0.15, 0.2) is 46.9 Å². The highest BCUT2D eigenvalue weighted by Crippen LogP contribution is 2.42. The lowest BCUT2D eigenvalue weighted by Gasteiger charge is -2.40. The van der Waals surface area contributed by atoms with Crippen molar-refractivity contribution in [3.63, 3.8) is 0 Å². The fourth-order valence-electron chi connectivity index (χ4n) is 3.65. The van der Waals surface area contributed by atoms with Crippen LogP contribution < -0.4 is 4.74 Å². The summed E-state index contributed by atoms with van der Waals surface area (Å²) >= 11 is 9.24. The van der Waals surface area contributed by atoms with Crippen LogP contribution in [0.2, 0.25) is 5.02 Å². The summed E-state index contributed by atoms with van der Waals surface area (Å²) in [4.78, 5) is 35.4. The Morgan fingerprint density at radius 1 is 1.23 bits per heavy atom. The Balaban J connectivity index is 1.56. The minimum Gasteiger partial charge on any atom is -0.483 e. The van der Waals surface area contributed by atoms with Gasteiger partial charge in [-0.1, -0.05) is 39.7 Å². The molecule has 2 N–H and O–H groups in total. The van der Waals surface area contributed by atoms with Gasteiger partial charge in [-0.3, -0.25) is 14.3 Å². The summed E-state index contributed by atoms with van der Waals surface area (Å²) in [7, 11) is -4.27. The molecule has 1 saturated heterocycles. The van der Waals surface area contributed by atoms with E-state index in [1.807, 2.05) is 31.2 Å². The van der Waals surface area contributed by atoms with Gasteiger partial charge in [-0.05, 0) is 42.8 Å². The topological polar surface area (TPSA) is 90.3 Å². The first-order valence-corrected chi connectivity index (χ1v) is 12.8. The maximum absolute atomic E-state index is 12.8. The molecule has 1 aliphatic heterocycles. The van der Waals surface area contributed by atoms with Gasteiger partial charge in [0, 0.05) is 47.3 Å². The van der Waals surface area contributed by atoms with Crippen LogP contribution in [-0.2, 0) is 22.1 Å². The van der Waals surface area contributed by atoms with Gasteiger partial charge in [-0.2, -0.15) is 0 Å². The normalized spacial score (nSPS) is 17.6. The molecule has 2 aromatic rings. The largest absolute Gasteiger partial charge is 0.483 e. The summed E-state index contributed by atoms with van der Waals surface area (Å²) in [6, 6.07) is 12.7. The van der Waals surface area contributed by atoms with E-state index in [1.54, 1.807) is 23.1 Å². The first-order chi connectivity index (χ1) is 14.6. The third-order valence-electron chi connectivity index (χ3n) is 5.10. The third-order valence-corrected chi connectivity index (χ3v) is 6.60. The van der Waals surface area contributed by atoms with E-state index in [-0.39, 0.29) is 18.6 Å². The second-order valence-corrected chi connectivity index (χ2v) is 10.7. The second-order valence-electron chi connectivity index (χ2n) is 7.66. The van der Waals surface area contributed by atoms with Crippen LogP contribution in [0.1, 0.15) is 18.1 Å². The van der Waals surface area contributed by atoms with Gasteiger partial charge in [0.15, 0.2) is 6.61 Å². The molecule has 1 fully saturated rings. The first kappa shape index (κ1) is 24.2. The smallest absolute Gasteiger partial charge is 0.330 e. The van der Waals surface area contributed by atoms with E-state index < -0.39 is 13.8 Å². The Morgan fingerprint density at radius 2 is 1.94 bits per heavy atom. The number of benzene rings is 2. The van der Waals surface area contributed by atoms with E-state index >= 15 is 0 Å². The van der Waals surface area contributed by atoms with Crippen molar-refractivity contribution in [2.24, 2.45) is 0 Å². The highest BCUT2D eigenvalue weighted by Gasteiger charge is 2.28. The zero-order chi connectivity index (χ0) is 22.6. The lowest BCUT2D eigenvalue weighted by Crippen LogP contribution is -2.54. The highest BCUT2D eigenvalue weighted by molar-refractivity contribution is 9.10. The quantitative estimate of drug-likeness (QED) is 0.527. The Hall–Kier alpha value is -1.41. The van der Waals surface area contributed by atoms with Gasteiger partial charge in [-0.15, -0.1) is 0 Å². The molecule has 31 heavy (non-hydrogen) atoms. The van der Waals surface area contributed by atoms with Crippen LogP contribution in [0.25, 0.3) is 0 Å². The zero-order valence-electron chi connectivity index (χ0n) is 17.1. The number of piperazine rings is 1. The predicted octanol–water partition coefficient (Wildman–Crippen LogP) is 3.89. The molecule has 0 spiro atoms. The number of hydrogen-bond donors (Lipinski definition) is 2. The van der Waals surface area contributed by atoms with Crippen LogP contribution in [-0.4, -0.2) is 57.8 Å². The number of ether oxygens (including phenoxy) is 1. The third kappa shape index (κ3) is 7.31. The summed E-state index contributed by atoms with van der Waals surface area (Å²) in [5.41, 5.74) is 1.53. The van der Waals surface area contributed by atoms with Crippen molar-refractivity contribution < 1.29 is 23.9 Å². The van der Waals surface area contributed by atoms with E-state index in [9.17, 15) is 19.1 Å². The van der Waals surface area contributed by atoms with Crippen molar-refractivity contribution in [3.8, 4) is 5.75 Å². The lowest BCUT2D eigenvalue weighted by molar-refractivity contribution is -0.138. The summed E-state index contributed by atoms with van der Waals surface area (Å²) in [6.07, 6.45) is -0.449. The number of rotatable bonds is 7. The number of amides is 1. The van der Waals surface area contributed by atoms with Crippen molar-refractivity contribution in [1.29, 1.82) is 0 Å². The SMILES string of the molecule is C[C@@H]1CN(Cc2ccc(Cl)cc2)CCN1C(=O)COc1ccc(Br)cc1CP(=O)(O)O. The fraction of sp³-hybridized carbons (Fsp3) is 0.381. The van der Waals surface area contributed by atoms with Gasteiger partial charge >= 0.3 is 7.60 Å². The Bertz CT molecular complexity index is 969. The number of carbonyl (C=O) groups is 1. The Kier molecular flexibility index (Phi) is 8.19. The minimum atomic E-state index is -4.27. The standard InChI is InChI=1S/C21H25BrClN2O5P/c1-15-11-24(12-16-2-5-19(23)6-3-16)8-9-25(15)21(26)13-30-20-7-4-18(22)10-17(20)14-31(27,28)29/h2-7,10,15H,8-9,11-14H2,1H3,(H2,27,28,29)/t15-/m1/s1. The number of carbonyl (C=O) groups excluding carboxylic acids is 1. The lowest BCUT2D eigenvalue weighted by atomic mass is 10.1. The molecule has 0 radical (unpaired) electrons. The Labute approximate surface area is 195 Å². The van der Waals surface area contributed by atoms with Crippen LogP contribution in [0.4, 0.5) is 0 Å². The van der Waals surface area contributed by atoms with Crippen molar-refractivity contribution in [3.05, 3.63) is 63.1 Å². The van der Waals surface area contributed by atoms with E-state index in [2.05, 4.69) is 20.8 Å². The molecule has 1 atom stereocenters. The van der Waals surface area contributed by atoms with Gasteiger partial charge in [0.05, 0.1) is 6.16 Å². The molecule has 7 nitrogen and oxygen atoms in total. The molecule has 0 aliphatic carbocycles. The monoisotopic (exact) mass is 530 g/mol. The molecule has 0 saturated carbocycles. The van der Waals surface area contributed by atoms with Crippen LogP contribution in [0.5, 0.6) is 5.75 Å². The molecule has 2 aromatic carbocycles. The van der Waals surface area contributed by atoms with E-state index in [0.29, 0.717) is 27.4 Å². The summed E-state index contributed by atoms with van der Waals surface area (Å²) in [5, 5.41) is 0.710. The molecule has 0 bridgehead atoms. The number of nitrogens with zero attached hydrogens (tertiary/aromatic N) is 2. The molecule has 0 unspecified atom stereocenters. The molecule has 10 heteroatoms. The second kappa shape index (κ2) is 10.5. The summed E-state index contributed by atoms with van der Waals surface area (Å²) in [6.45, 7) is 4.70. The Morgan fingerprint density at radius 3 is 2.58 bits per heavy atom. The van der Waals surface area contributed by atoms with E-state index in [0.717, 1.165) is 19.6 Å². The maximum Gasteiger partial charge on any atom is 0.330 e. The first-order valence-electron chi connectivity index (χ1n) is 9.83. The van der Waals surface area contributed by atoms with Crippen LogP contribution >= 0.6 is 35.1 Å². The van der Waals surface area contributed by atoms with Crippen molar-refractivity contribution in [2.45, 2.75) is 25.7 Å². The summed E-state index contributed by atoms with van der Waals surface area (Å²) in [5.74, 6) is 0.151. The fourth-order valence-corrected chi connectivity index (χ4v) is 4.88. The van der Waals surface area contributed by atoms with E-state index in [1.165, 1.54) is 5.56 Å². The molecule has 168 valence electrons. The average molecular weight is 532 g/mol. The minimum absolute atomic E-state index is 0.0247. The van der Waals surface area contributed by atoms with Crippen molar-refractivity contribution >= 4 is 41.0 Å². The van der Waals surface area contributed by atoms with Gasteiger partial charge < -0.3 is 19.4 Å². The molecule has 3 rings (SSSR count). The number of hydrogen-bond acceptors (Lipinski definition) is 4. The molecular formula is C21H25BrClN2O5P. The van der Waals surface area contributed by atoms with Crippen LogP contribution in [0.3, 0.4) is 0 Å². The van der Waals surface area contributed by atoms with E-state index in [4.69, 9.17) is 16.3 Å². The highest BCUT2D eigenvalue weighted by atomic mass is 79.9. The van der Waals surface area contributed by atoms with Crippen molar-refractivity contribution in [2.75, 3.05) is 26.2 Å². The van der Waals surface area contributed by atoms with Crippen LogP contribution in [0, 0.1) is 0 Å². The van der Waals surface area contributed by atoms with Gasteiger partial charge in [-0.25, -0.2) is 0 Å². The predicted molar refractivity (Wildman–Crippen MR) is 123 cm³/mol. The number of halogens is 2. The molecule has 1 aliphatic rings. The maximum atomic E-state index is 12.8.